The van der Waals surface area contributed by atoms with Crippen molar-refractivity contribution in [2.45, 2.75) is 32.1 Å². The number of benzene rings is 2. The van der Waals surface area contributed by atoms with Gasteiger partial charge >= 0.3 is 0 Å². The number of nitrogens with one attached hydrogen (secondary N) is 1. The third-order valence-corrected chi connectivity index (χ3v) is 6.02. The van der Waals surface area contributed by atoms with E-state index in [1.165, 1.54) is 0 Å². The van der Waals surface area contributed by atoms with E-state index in [0.717, 1.165) is 16.5 Å². The van der Waals surface area contributed by atoms with Crippen LogP contribution in [0.2, 0.25) is 0 Å². The number of fused-ring (bicyclic) bond motifs is 3. The molecule has 1 N–H and O–H groups in total. The number of hydrogen-bond acceptors (Lipinski definition) is 3. The molecule has 4 aromatic rings. The second-order valence-electron chi connectivity index (χ2n) is 8.09. The molecule has 2 aromatic carbocycles. The first kappa shape index (κ1) is 19.2. The van der Waals surface area contributed by atoms with Gasteiger partial charge in [-0.25, -0.2) is 0 Å². The third-order valence-electron chi connectivity index (χ3n) is 6.02. The number of carbonyl (C=O) groups excluding carboxylic acids is 2. The van der Waals surface area contributed by atoms with Gasteiger partial charge in [0.2, 0.25) is 5.91 Å². The summed E-state index contributed by atoms with van der Waals surface area (Å²) in [6, 6.07) is 23.1. The zero-order chi connectivity index (χ0) is 21.4. The standard InChI is InChI=1S/C25H23N3O3/c1-25(24(30)26-15-18-8-3-2-4-9-18)17-27-21-12-6-5-10-19(21)14-22(27)23(29)28(25)16-20-11-7-13-31-20/h2-14H,15-17H2,1H3,(H,26,30)/t25-/m1/s1. The highest BCUT2D eigenvalue weighted by atomic mass is 16.3. The van der Waals surface area contributed by atoms with Crippen LogP contribution in [0.4, 0.5) is 0 Å². The summed E-state index contributed by atoms with van der Waals surface area (Å²) in [6.07, 6.45) is 1.58. The van der Waals surface area contributed by atoms with Crippen molar-refractivity contribution in [3.63, 3.8) is 0 Å². The Bertz CT molecular complexity index is 1240. The third kappa shape index (κ3) is 3.30. The topological polar surface area (TPSA) is 67.5 Å². The molecule has 0 aliphatic carbocycles. The predicted molar refractivity (Wildman–Crippen MR) is 117 cm³/mol. The van der Waals surface area contributed by atoms with E-state index in [2.05, 4.69) is 5.32 Å². The van der Waals surface area contributed by atoms with Gasteiger partial charge in [0.25, 0.3) is 5.91 Å². The van der Waals surface area contributed by atoms with E-state index in [4.69, 9.17) is 4.42 Å². The number of nitrogens with zero attached hydrogens (tertiary/aromatic N) is 2. The van der Waals surface area contributed by atoms with Crippen LogP contribution in [0.15, 0.2) is 83.5 Å². The van der Waals surface area contributed by atoms with Crippen LogP contribution in [-0.2, 0) is 24.4 Å². The fourth-order valence-electron chi connectivity index (χ4n) is 4.28. The van der Waals surface area contributed by atoms with Crippen LogP contribution >= 0.6 is 0 Å². The molecular weight excluding hydrogens is 390 g/mol. The summed E-state index contributed by atoms with van der Waals surface area (Å²) in [7, 11) is 0. The molecule has 1 atom stereocenters. The average Bonchev–Trinajstić information content (AvgIpc) is 3.44. The lowest BCUT2D eigenvalue weighted by atomic mass is 9.94. The first-order valence-corrected chi connectivity index (χ1v) is 10.3. The summed E-state index contributed by atoms with van der Waals surface area (Å²) in [5.41, 5.74) is 1.46. The fraction of sp³-hybridized carbons (Fsp3) is 0.200. The number of hydrogen-bond donors (Lipinski definition) is 1. The Morgan fingerprint density at radius 1 is 1.06 bits per heavy atom. The van der Waals surface area contributed by atoms with Crippen molar-refractivity contribution in [2.75, 3.05) is 0 Å². The summed E-state index contributed by atoms with van der Waals surface area (Å²) < 4.78 is 7.46. The lowest BCUT2D eigenvalue weighted by Gasteiger charge is -2.43. The van der Waals surface area contributed by atoms with Gasteiger partial charge < -0.3 is 19.2 Å². The van der Waals surface area contributed by atoms with Crippen molar-refractivity contribution < 1.29 is 14.0 Å². The molecule has 5 rings (SSSR count). The van der Waals surface area contributed by atoms with Gasteiger partial charge in [0.05, 0.1) is 19.4 Å². The van der Waals surface area contributed by atoms with Gasteiger partial charge in [-0.1, -0.05) is 48.5 Å². The van der Waals surface area contributed by atoms with Crippen molar-refractivity contribution in [1.29, 1.82) is 0 Å². The number of rotatable bonds is 5. The minimum atomic E-state index is -1.08. The first-order valence-electron chi connectivity index (χ1n) is 10.3. The molecule has 2 aromatic heterocycles. The second-order valence-corrected chi connectivity index (χ2v) is 8.09. The highest BCUT2D eigenvalue weighted by Gasteiger charge is 2.47. The maximum Gasteiger partial charge on any atom is 0.271 e. The number of aromatic nitrogens is 1. The molecule has 156 valence electrons. The lowest BCUT2D eigenvalue weighted by Crippen LogP contribution is -2.63. The van der Waals surface area contributed by atoms with Crippen molar-refractivity contribution in [3.05, 3.63) is 96.1 Å². The van der Waals surface area contributed by atoms with Gasteiger partial charge in [-0.05, 0) is 36.8 Å². The van der Waals surface area contributed by atoms with Gasteiger partial charge in [-0.15, -0.1) is 0 Å². The quantitative estimate of drug-likeness (QED) is 0.538. The van der Waals surface area contributed by atoms with Crippen LogP contribution in [0.5, 0.6) is 0 Å². The molecule has 0 unspecified atom stereocenters. The minimum Gasteiger partial charge on any atom is -0.467 e. The van der Waals surface area contributed by atoms with Crippen LogP contribution in [-0.4, -0.2) is 26.8 Å². The highest BCUT2D eigenvalue weighted by Crippen LogP contribution is 2.33. The van der Waals surface area contributed by atoms with E-state index in [1.54, 1.807) is 17.2 Å². The lowest BCUT2D eigenvalue weighted by molar-refractivity contribution is -0.133. The minimum absolute atomic E-state index is 0.184. The predicted octanol–water partition coefficient (Wildman–Crippen LogP) is 3.97. The van der Waals surface area contributed by atoms with Gasteiger partial charge in [-0.2, -0.15) is 0 Å². The molecule has 6 heteroatoms. The molecule has 1 aliphatic heterocycles. The second kappa shape index (κ2) is 7.47. The van der Waals surface area contributed by atoms with Gasteiger partial charge in [-0.3, -0.25) is 9.59 Å². The van der Waals surface area contributed by atoms with E-state index in [9.17, 15) is 9.59 Å². The van der Waals surface area contributed by atoms with Gasteiger partial charge in [0, 0.05) is 17.4 Å². The molecule has 0 saturated heterocycles. The van der Waals surface area contributed by atoms with E-state index in [-0.39, 0.29) is 18.4 Å². The SMILES string of the molecule is C[C@]1(C(=O)NCc2ccccc2)Cn2c(cc3ccccc32)C(=O)N1Cc1ccco1. The molecular formula is C25H23N3O3. The molecule has 31 heavy (non-hydrogen) atoms. The van der Waals surface area contributed by atoms with Gasteiger partial charge in [0.1, 0.15) is 17.0 Å². The maximum atomic E-state index is 13.6. The summed E-state index contributed by atoms with van der Waals surface area (Å²) in [5.74, 6) is 0.260. The summed E-state index contributed by atoms with van der Waals surface area (Å²) >= 11 is 0. The van der Waals surface area contributed by atoms with E-state index in [1.807, 2.05) is 78.2 Å². The molecule has 3 heterocycles. The largest absolute Gasteiger partial charge is 0.467 e. The Kier molecular flexibility index (Phi) is 4.62. The zero-order valence-corrected chi connectivity index (χ0v) is 17.2. The van der Waals surface area contributed by atoms with Crippen molar-refractivity contribution in [1.82, 2.24) is 14.8 Å². The van der Waals surface area contributed by atoms with Crippen LogP contribution in [0.1, 0.15) is 28.7 Å². The highest BCUT2D eigenvalue weighted by molar-refractivity contribution is 6.03. The number of furan rings is 1. The molecule has 6 nitrogen and oxygen atoms in total. The normalized spacial score (nSPS) is 18.2. The Hall–Kier alpha value is -3.80. The molecule has 0 bridgehead atoms. The summed E-state index contributed by atoms with van der Waals surface area (Å²) in [5, 5.41) is 4.02. The molecule has 0 spiro atoms. The Morgan fingerprint density at radius 2 is 1.84 bits per heavy atom. The van der Waals surface area contributed by atoms with Crippen LogP contribution in [0.3, 0.4) is 0 Å². The smallest absolute Gasteiger partial charge is 0.271 e. The number of amides is 2. The fourth-order valence-corrected chi connectivity index (χ4v) is 4.28. The van der Waals surface area contributed by atoms with Crippen LogP contribution in [0.25, 0.3) is 10.9 Å². The summed E-state index contributed by atoms with van der Waals surface area (Å²) in [6.45, 7) is 2.81. The van der Waals surface area contributed by atoms with Crippen LogP contribution < -0.4 is 5.32 Å². The van der Waals surface area contributed by atoms with E-state index < -0.39 is 5.54 Å². The van der Waals surface area contributed by atoms with Crippen molar-refractivity contribution >= 4 is 22.7 Å². The number of carbonyl (C=O) groups is 2. The molecule has 0 fully saturated rings. The zero-order valence-electron chi connectivity index (χ0n) is 17.2. The van der Waals surface area contributed by atoms with Crippen LogP contribution in [0, 0.1) is 0 Å². The Balaban J connectivity index is 1.53. The molecule has 1 aliphatic rings. The Morgan fingerprint density at radius 3 is 2.61 bits per heavy atom. The van der Waals surface area contributed by atoms with Crippen molar-refractivity contribution in [3.8, 4) is 0 Å². The maximum absolute atomic E-state index is 13.6. The molecule has 2 amide bonds. The summed E-state index contributed by atoms with van der Waals surface area (Å²) in [4.78, 5) is 28.7. The average molecular weight is 413 g/mol. The van der Waals surface area contributed by atoms with Gasteiger partial charge in [0.15, 0.2) is 0 Å². The monoisotopic (exact) mass is 413 g/mol. The van der Waals surface area contributed by atoms with Crippen molar-refractivity contribution in [2.24, 2.45) is 0 Å². The molecule has 0 radical (unpaired) electrons. The Labute approximate surface area is 180 Å². The van der Waals surface area contributed by atoms with E-state index in [0.29, 0.717) is 24.5 Å². The number of para-hydroxylation sites is 1. The first-order chi connectivity index (χ1) is 15.1. The van der Waals surface area contributed by atoms with E-state index >= 15 is 0 Å². The molecule has 0 saturated carbocycles.